The number of nitrogens with zero attached hydrogens (tertiary/aromatic N) is 1. The van der Waals surface area contributed by atoms with E-state index in [1.54, 1.807) is 0 Å². The number of benzene rings is 7. The second-order valence-corrected chi connectivity index (χ2v) is 15.6. The van der Waals surface area contributed by atoms with Crippen LogP contribution in [-0.4, -0.2) is 0 Å². The van der Waals surface area contributed by atoms with E-state index in [2.05, 4.69) is 181 Å². The van der Waals surface area contributed by atoms with Crippen LogP contribution in [0, 0.1) is 11.8 Å². The van der Waals surface area contributed by atoms with E-state index in [4.69, 9.17) is 4.42 Å². The van der Waals surface area contributed by atoms with Gasteiger partial charge in [-0.1, -0.05) is 133 Å². The number of hydrogen-bond donors (Lipinski definition) is 0. The lowest BCUT2D eigenvalue weighted by atomic mass is 9.93. The van der Waals surface area contributed by atoms with Crippen molar-refractivity contribution in [3.8, 4) is 23.0 Å². The smallest absolute Gasteiger partial charge is 0.136 e. The molecule has 56 heavy (non-hydrogen) atoms. The summed E-state index contributed by atoms with van der Waals surface area (Å²) >= 11 is 1.88. The van der Waals surface area contributed by atoms with Crippen molar-refractivity contribution in [2.45, 2.75) is 19.3 Å². The quantitative estimate of drug-likeness (QED) is 0.158. The van der Waals surface area contributed by atoms with Gasteiger partial charge in [0.1, 0.15) is 11.2 Å². The van der Waals surface area contributed by atoms with Crippen molar-refractivity contribution in [2.24, 2.45) is 0 Å². The molecule has 0 radical (unpaired) electrons. The number of anilines is 2. The molecule has 0 saturated heterocycles. The van der Waals surface area contributed by atoms with E-state index < -0.39 is 0 Å². The largest absolute Gasteiger partial charge is 0.456 e. The number of furan rings is 1. The van der Waals surface area contributed by atoms with Crippen molar-refractivity contribution in [1.82, 2.24) is 0 Å². The van der Waals surface area contributed by atoms with E-state index in [-0.39, 0.29) is 0 Å². The second-order valence-electron chi connectivity index (χ2n) is 14.5. The lowest BCUT2D eigenvalue weighted by Crippen LogP contribution is -2.27. The highest BCUT2D eigenvalue weighted by molar-refractivity contribution is 7.25. The van der Waals surface area contributed by atoms with Crippen LogP contribution in [0.1, 0.15) is 30.4 Å². The topological polar surface area (TPSA) is 16.4 Å². The minimum absolute atomic E-state index is 0.680. The van der Waals surface area contributed by atoms with E-state index in [1.807, 2.05) is 23.5 Å². The van der Waals surface area contributed by atoms with Crippen molar-refractivity contribution >= 4 is 82.0 Å². The molecule has 2 aromatic heterocycles. The monoisotopic (exact) mass is 733 g/mol. The third-order valence-electron chi connectivity index (χ3n) is 11.3. The molecule has 0 fully saturated rings. The van der Waals surface area contributed by atoms with E-state index in [0.717, 1.165) is 56.9 Å². The maximum absolute atomic E-state index is 6.27. The molecule has 2 aliphatic carbocycles. The van der Waals surface area contributed by atoms with Crippen molar-refractivity contribution in [2.75, 3.05) is 4.90 Å². The normalized spacial score (nSPS) is 13.8. The summed E-state index contributed by atoms with van der Waals surface area (Å²) in [6.07, 6.45) is 9.43. The molecule has 0 atom stereocenters. The van der Waals surface area contributed by atoms with Crippen LogP contribution < -0.4 is 15.3 Å². The Labute approximate surface area is 329 Å². The van der Waals surface area contributed by atoms with Crippen LogP contribution in [0.5, 0.6) is 0 Å². The van der Waals surface area contributed by atoms with Gasteiger partial charge in [-0.05, 0) is 106 Å². The van der Waals surface area contributed by atoms with Crippen molar-refractivity contribution in [1.29, 1.82) is 0 Å². The molecule has 2 aliphatic rings. The molecule has 0 saturated carbocycles. The fraction of sp³-hybridized carbons (Fsp3) is 0.0566. The summed E-state index contributed by atoms with van der Waals surface area (Å²) in [5.74, 6) is 6.74. The molecule has 11 rings (SSSR count). The van der Waals surface area contributed by atoms with Crippen LogP contribution in [0.4, 0.5) is 11.4 Å². The number of allylic oxidation sites excluding steroid dienone is 4. The molecule has 0 aliphatic heterocycles. The lowest BCUT2D eigenvalue weighted by molar-refractivity contribution is 0.669. The molecular formula is C53H35NOS. The highest BCUT2D eigenvalue weighted by Crippen LogP contribution is 2.43. The number of thiophene rings is 1. The van der Waals surface area contributed by atoms with Gasteiger partial charge in [0.15, 0.2) is 0 Å². The van der Waals surface area contributed by atoms with E-state index in [0.29, 0.717) is 6.42 Å². The third kappa shape index (κ3) is 5.50. The van der Waals surface area contributed by atoms with Crippen molar-refractivity contribution < 1.29 is 4.42 Å². The standard InChI is InChI=1S/C53H35NOS/c1-3-17-41-35(13-1)14-2-4-18-43(41)44-19-5-8-23-48(44)54(39-30-27-36(28-31-39)42-22-12-25-50-53(42)47-21-6-9-24-49(47)55-50)40-16-11-15-37(33-40)38-29-32-46-45-20-7-10-26-51(45)56-52(46)34-38/h1,3,5-10,12-15,17,19-34H,11,16,18H2. The lowest BCUT2D eigenvalue weighted by Gasteiger charge is -2.32. The Morgan fingerprint density at radius 3 is 2.30 bits per heavy atom. The minimum atomic E-state index is 0.680. The third-order valence-corrected chi connectivity index (χ3v) is 12.4. The fourth-order valence-corrected chi connectivity index (χ4v) is 9.80. The molecule has 0 bridgehead atoms. The van der Waals surface area contributed by atoms with Crippen LogP contribution in [0.3, 0.4) is 0 Å². The van der Waals surface area contributed by atoms with Crippen LogP contribution in [-0.2, 0) is 0 Å². The van der Waals surface area contributed by atoms with E-state index in [1.165, 1.54) is 58.9 Å². The van der Waals surface area contributed by atoms with Gasteiger partial charge in [-0.25, -0.2) is 0 Å². The Hall–Kier alpha value is -6.86. The van der Waals surface area contributed by atoms with Gasteiger partial charge in [-0.15, -0.1) is 11.3 Å². The minimum Gasteiger partial charge on any atom is -0.456 e. The molecule has 264 valence electrons. The molecule has 0 amide bonds. The Kier molecular flexibility index (Phi) is 7.83. The van der Waals surface area contributed by atoms with Crippen LogP contribution >= 0.6 is 11.3 Å². The van der Waals surface area contributed by atoms with Gasteiger partial charge in [0.2, 0.25) is 0 Å². The van der Waals surface area contributed by atoms with Gasteiger partial charge in [-0.2, -0.15) is 0 Å². The maximum Gasteiger partial charge on any atom is 0.136 e. The Morgan fingerprint density at radius 1 is 0.607 bits per heavy atom. The van der Waals surface area contributed by atoms with Crippen LogP contribution in [0.15, 0.2) is 180 Å². The average molecular weight is 734 g/mol. The number of fused-ring (bicyclic) bond motifs is 7. The summed E-state index contributed by atoms with van der Waals surface area (Å²) in [4.78, 5) is 2.50. The molecule has 2 heterocycles. The van der Waals surface area contributed by atoms with Crippen LogP contribution in [0.25, 0.3) is 70.5 Å². The van der Waals surface area contributed by atoms with Crippen molar-refractivity contribution in [3.63, 3.8) is 0 Å². The number of hydrogen-bond acceptors (Lipinski definition) is 3. The summed E-state index contributed by atoms with van der Waals surface area (Å²) in [6.45, 7) is 0. The van der Waals surface area contributed by atoms with Gasteiger partial charge in [-0.3, -0.25) is 0 Å². The summed E-state index contributed by atoms with van der Waals surface area (Å²) < 4.78 is 8.92. The summed E-state index contributed by atoms with van der Waals surface area (Å²) in [5, 5.41) is 7.34. The zero-order chi connectivity index (χ0) is 37.0. The van der Waals surface area contributed by atoms with Crippen molar-refractivity contribution in [3.05, 3.63) is 197 Å². The average Bonchev–Trinajstić information content (AvgIpc) is 3.75. The summed E-state index contributed by atoms with van der Waals surface area (Å²) in [7, 11) is 0. The molecule has 0 N–H and O–H groups in total. The Balaban J connectivity index is 1.07. The Morgan fingerprint density at radius 2 is 1.36 bits per heavy atom. The second kappa shape index (κ2) is 13.5. The molecule has 9 aromatic rings. The van der Waals surface area contributed by atoms with Gasteiger partial charge in [0.25, 0.3) is 0 Å². The first-order valence-corrected chi connectivity index (χ1v) is 20.1. The molecule has 0 unspecified atom stereocenters. The molecular weight excluding hydrogens is 699 g/mol. The highest BCUT2D eigenvalue weighted by Gasteiger charge is 2.23. The number of rotatable bonds is 6. The maximum atomic E-state index is 6.27. The molecule has 7 aromatic carbocycles. The first-order valence-electron chi connectivity index (χ1n) is 19.3. The van der Waals surface area contributed by atoms with Gasteiger partial charge >= 0.3 is 0 Å². The van der Waals surface area contributed by atoms with Crippen LogP contribution in [0.2, 0.25) is 0 Å². The first-order chi connectivity index (χ1) is 27.8. The van der Waals surface area contributed by atoms with Gasteiger partial charge in [0, 0.05) is 54.3 Å². The zero-order valence-corrected chi connectivity index (χ0v) is 31.4. The van der Waals surface area contributed by atoms with Gasteiger partial charge < -0.3 is 9.32 Å². The Bertz CT molecular complexity index is 3290. The molecule has 0 spiro atoms. The SMILES string of the molecule is C1#CCC(c2ccccc2N(C2=CC(c3ccc4c(c3)sc3ccccc34)=CCC2)c2ccc(-c3cccc4oc5ccccc5c34)cc2)=c2ccccc2=C1. The van der Waals surface area contributed by atoms with E-state index in [9.17, 15) is 0 Å². The summed E-state index contributed by atoms with van der Waals surface area (Å²) in [5.41, 5.74) is 12.7. The fourth-order valence-electron chi connectivity index (χ4n) is 8.66. The predicted molar refractivity (Wildman–Crippen MR) is 237 cm³/mol. The molecule has 3 heteroatoms. The highest BCUT2D eigenvalue weighted by atomic mass is 32.1. The summed E-state index contributed by atoms with van der Waals surface area (Å²) in [6, 6.07) is 57.0. The van der Waals surface area contributed by atoms with E-state index >= 15 is 0 Å². The van der Waals surface area contributed by atoms with Gasteiger partial charge in [0.05, 0.1) is 5.69 Å². The molecule has 2 nitrogen and oxygen atoms in total. The number of para-hydroxylation sites is 2. The predicted octanol–water partition coefficient (Wildman–Crippen LogP) is 12.9. The first kappa shape index (κ1) is 32.6. The zero-order valence-electron chi connectivity index (χ0n) is 30.6.